The fourth-order valence-electron chi connectivity index (χ4n) is 12.0. The molecule has 6 aromatic carbocycles. The molecular weight excluding hydrogens is 1680 g/mol. The number of guanidine groups is 2. The van der Waals surface area contributed by atoms with Crippen LogP contribution in [0.15, 0.2) is 180 Å². The van der Waals surface area contributed by atoms with Gasteiger partial charge >= 0.3 is 42.6 Å². The lowest BCUT2D eigenvalue weighted by Crippen LogP contribution is -2.46. The van der Waals surface area contributed by atoms with E-state index in [1.807, 2.05) is 55.5 Å². The largest absolute Gasteiger partial charge is 0.511 e. The average molecular weight is 1770 g/mol. The van der Waals surface area contributed by atoms with Gasteiger partial charge in [-0.1, -0.05) is 90.5 Å². The molecular formula is C79H83Cl2F9N26O8. The van der Waals surface area contributed by atoms with E-state index in [-0.39, 0.29) is 83.0 Å². The first-order valence-corrected chi connectivity index (χ1v) is 38.6. The Labute approximate surface area is 711 Å². The third-order valence-electron chi connectivity index (χ3n) is 18.8. The summed E-state index contributed by atoms with van der Waals surface area (Å²) in [5, 5.41) is 36.8. The van der Waals surface area contributed by atoms with E-state index in [2.05, 4.69) is 116 Å². The Morgan fingerprint density at radius 1 is 0.508 bits per heavy atom. The number of aliphatic imine (C=N–C) groups is 2. The van der Waals surface area contributed by atoms with Crippen LogP contribution in [0.2, 0.25) is 10.0 Å². The van der Waals surface area contributed by atoms with E-state index in [1.165, 1.54) is 29.2 Å². The minimum atomic E-state index is -4.61. The number of hydrogen-bond donors (Lipinski definition) is 15. The highest BCUT2D eigenvalue weighted by molar-refractivity contribution is 6.30. The molecule has 9 aromatic rings. The molecule has 4 heterocycles. The smallest absolute Gasteiger partial charge is 0.422 e. The zero-order valence-corrected chi connectivity index (χ0v) is 67.3. The van der Waals surface area contributed by atoms with Crippen molar-refractivity contribution >= 4 is 112 Å². The Morgan fingerprint density at radius 3 is 1.17 bits per heavy atom. The normalized spacial score (nSPS) is 14.8. The van der Waals surface area contributed by atoms with Gasteiger partial charge in [0.25, 0.3) is 17.7 Å². The lowest BCUT2D eigenvalue weighted by molar-refractivity contribution is -0.155. The number of hydrogen-bond acceptors (Lipinski definition) is 27. The second-order valence-electron chi connectivity index (χ2n) is 28.6. The summed E-state index contributed by atoms with van der Waals surface area (Å²) in [6, 6.07) is 37.1. The Balaban J connectivity index is 0.000000181. The molecule has 3 aromatic heterocycles. The van der Waals surface area contributed by atoms with Gasteiger partial charge in [-0.25, -0.2) is 4.79 Å². The van der Waals surface area contributed by atoms with Gasteiger partial charge in [0.2, 0.25) is 35.7 Å². The third-order valence-corrected chi connectivity index (χ3v) is 19.3. The minimum Gasteiger partial charge on any atom is -0.511 e. The number of alkyl halides is 9. The first kappa shape index (κ1) is 90.8. The number of amides is 5. The zero-order valence-electron chi connectivity index (χ0n) is 65.7. The Kier molecular flexibility index (Phi) is 28.7. The summed E-state index contributed by atoms with van der Waals surface area (Å²) in [7, 11) is 0. The van der Waals surface area contributed by atoms with Crippen molar-refractivity contribution in [1.29, 1.82) is 0 Å². The van der Waals surface area contributed by atoms with Crippen LogP contribution in [0.4, 0.5) is 97.1 Å². The summed E-state index contributed by atoms with van der Waals surface area (Å²) in [5.41, 5.74) is 32.4. The maximum absolute atomic E-state index is 12.9. The number of aromatic nitrogens is 9. The number of primary amides is 1. The van der Waals surface area contributed by atoms with Gasteiger partial charge in [0.1, 0.15) is 11.8 Å². The van der Waals surface area contributed by atoms with Crippen LogP contribution < -0.4 is 90.7 Å². The number of aryl methyl sites for hydroxylation is 1. The van der Waals surface area contributed by atoms with Crippen molar-refractivity contribution in [2.75, 3.05) is 77.9 Å². The third kappa shape index (κ3) is 27.0. The van der Waals surface area contributed by atoms with Crippen LogP contribution in [0.5, 0.6) is 18.0 Å². The van der Waals surface area contributed by atoms with Crippen LogP contribution >= 0.6 is 23.2 Å². The number of rotatable bonds is 34. The molecule has 1 aliphatic heterocycles. The number of nitrogens with two attached hydrogens (primary N) is 5. The van der Waals surface area contributed by atoms with E-state index in [9.17, 15) is 63.8 Å². The van der Waals surface area contributed by atoms with Crippen LogP contribution in [-0.2, 0) is 16.6 Å². The lowest BCUT2D eigenvalue weighted by Gasteiger charge is -2.19. The van der Waals surface area contributed by atoms with Gasteiger partial charge < -0.3 is 95.8 Å². The molecule has 34 nitrogen and oxygen atoms in total. The molecule has 654 valence electrons. The van der Waals surface area contributed by atoms with Crippen molar-refractivity contribution in [2.24, 2.45) is 38.7 Å². The molecule has 0 saturated heterocycles. The molecule has 3 fully saturated rings. The summed E-state index contributed by atoms with van der Waals surface area (Å²) < 4.78 is 130. The van der Waals surface area contributed by atoms with E-state index in [1.54, 1.807) is 72.8 Å². The number of nitrogens with zero attached hydrogens (tertiary/aromatic N) is 12. The monoisotopic (exact) mass is 1760 g/mol. The molecule has 0 radical (unpaired) electrons. The first-order chi connectivity index (χ1) is 58.7. The van der Waals surface area contributed by atoms with E-state index < -0.39 is 97.0 Å². The molecule has 2 atom stereocenters. The van der Waals surface area contributed by atoms with Gasteiger partial charge in [-0.15, -0.1) is 0 Å². The summed E-state index contributed by atoms with van der Waals surface area (Å²) in [5.74, 6) is -1.59. The maximum atomic E-state index is 12.9. The standard InChI is InChI=1S/C28H32ClF3N10O2.C26H26ClF3N8O4.C25H25F3N8O2/c1-16(33)21(3-2-14-36-23(34)35)38-22(43)17-4-10-20(11-5-17)37-24-39-25(41-26(40-24)44-15-28(30,31)32)42-27(12-13-27)18-6-8-19(29)9-7-18;1-14(39)19(12-32-21(31)41)34-20(40)15-2-8-18(9-3-15)33-22-35-23(37-24(36-22)42-13-26(28,29)30)38-25(10-11-25)16-4-6-17(27)7-5-16;1-15-2-6-17(7-3-15)24(10-11-24)35-22-32-21(33-23(34-22)38-14-25(26,27)28)31-18-8-4-16(5-9-18)19(37)36-13-12-30-20(36)29/h4-11,21H,1-3,12-15,33H2,(H,38,43)(H4,34,35,36)(H2,37,39,40,41,42);2-9,19,39H,1,10-13H2,(H,34,40)(H3,31,32,41)(H2,33,35,36,37,38);2-9H,10-14H2,1H3,(H2,29,30)(H2,31,32,33,34,35)/t21-;19-;/m00./s1. The molecule has 20 N–H and O–H groups in total. The van der Waals surface area contributed by atoms with Gasteiger partial charge in [-0.2, -0.15) is 84.4 Å². The van der Waals surface area contributed by atoms with Gasteiger partial charge in [0.15, 0.2) is 31.7 Å². The van der Waals surface area contributed by atoms with Crippen molar-refractivity contribution in [2.45, 2.75) is 106 Å². The highest BCUT2D eigenvalue weighted by Gasteiger charge is 2.48. The summed E-state index contributed by atoms with van der Waals surface area (Å²) in [6.45, 7) is 5.43. The van der Waals surface area contributed by atoms with Crippen molar-refractivity contribution < 1.29 is 78.0 Å². The predicted octanol–water partition coefficient (Wildman–Crippen LogP) is 11.8. The molecule has 124 heavy (non-hydrogen) atoms. The minimum absolute atomic E-state index is 0.00651. The summed E-state index contributed by atoms with van der Waals surface area (Å²) in [4.78, 5) is 95.4. The maximum Gasteiger partial charge on any atom is 0.422 e. The lowest BCUT2D eigenvalue weighted by atomic mass is 10.0. The fourth-order valence-corrected chi connectivity index (χ4v) is 12.3. The van der Waals surface area contributed by atoms with Gasteiger partial charge in [-0.05, 0) is 172 Å². The number of carbonyl (C=O) groups is 4. The van der Waals surface area contributed by atoms with E-state index in [0.29, 0.717) is 70.7 Å². The van der Waals surface area contributed by atoms with Gasteiger partial charge in [0, 0.05) is 69.1 Å². The number of halogens is 11. The number of carbonyl (C=O) groups excluding carboxylic acids is 4. The first-order valence-electron chi connectivity index (χ1n) is 37.8. The van der Waals surface area contributed by atoms with Crippen molar-refractivity contribution in [3.8, 4) is 18.0 Å². The Bertz CT molecular complexity index is 5340. The topological polar surface area (TPSA) is 499 Å². The van der Waals surface area contributed by atoms with Gasteiger partial charge in [-0.3, -0.25) is 29.3 Å². The van der Waals surface area contributed by atoms with Crippen LogP contribution in [0.1, 0.15) is 105 Å². The number of ether oxygens (including phenoxy) is 3. The second-order valence-corrected chi connectivity index (χ2v) is 29.5. The molecule has 45 heteroatoms. The van der Waals surface area contributed by atoms with Crippen molar-refractivity contribution in [1.82, 2.24) is 65.7 Å². The highest BCUT2D eigenvalue weighted by Crippen LogP contribution is 2.50. The van der Waals surface area contributed by atoms with Gasteiger partial charge in [0.05, 0.1) is 29.2 Å². The van der Waals surface area contributed by atoms with Crippen LogP contribution in [0, 0.1) is 6.92 Å². The summed E-state index contributed by atoms with van der Waals surface area (Å²) >= 11 is 12.0. The molecule has 0 unspecified atom stereocenters. The molecule has 13 rings (SSSR count). The van der Waals surface area contributed by atoms with Crippen molar-refractivity contribution in [3.63, 3.8) is 0 Å². The van der Waals surface area contributed by atoms with Crippen molar-refractivity contribution in [3.05, 3.63) is 219 Å². The van der Waals surface area contributed by atoms with Crippen LogP contribution in [0.25, 0.3) is 0 Å². The predicted molar refractivity (Wildman–Crippen MR) is 444 cm³/mol. The second kappa shape index (κ2) is 39.2. The number of urea groups is 1. The van der Waals surface area contributed by atoms with Crippen LogP contribution in [0.3, 0.4) is 0 Å². The Hall–Kier alpha value is -14.0. The highest BCUT2D eigenvalue weighted by atomic mass is 35.5. The summed E-state index contributed by atoms with van der Waals surface area (Å²) in [6.07, 6.45) is -8.13. The SMILES string of the molecule is C=C(N)[C@H](CCCN=C(N)N)NC(=O)c1ccc(Nc2nc(NC3(c4ccc(Cl)cc4)CC3)nc(OCC(F)(F)F)n2)cc1.C=C(O)[C@H](CNC(N)=O)NC(=O)c1ccc(Nc2nc(NC3(c4ccc(Cl)cc4)CC3)nc(OCC(F)(F)F)n2)cc1.Cc1ccc(C2(Nc3nc(Nc4ccc(C(=O)N5CCN=C5N)cc4)nc(OCC(F)(F)F)n3)CC2)cc1. The average Bonchev–Trinajstić information content (AvgIpc) is 1.62. The number of aliphatic hydroxyl groups is 1. The van der Waals surface area contributed by atoms with E-state index in [0.717, 1.165) is 60.8 Å². The molecule has 0 bridgehead atoms. The molecule has 3 saturated carbocycles. The number of benzene rings is 6. The molecule has 0 spiro atoms. The number of nitrogens with one attached hydrogen (secondary N) is 9. The number of anilines is 9. The zero-order chi connectivity index (χ0) is 89.3. The number of aliphatic hydroxyl groups excluding tert-OH is 1. The molecule has 3 aliphatic carbocycles. The molecule has 4 aliphatic rings. The van der Waals surface area contributed by atoms with Crippen LogP contribution in [-0.4, -0.2) is 167 Å². The quantitative estimate of drug-likeness (QED) is 0.00585. The van der Waals surface area contributed by atoms with E-state index >= 15 is 0 Å². The molecule has 5 amide bonds. The van der Waals surface area contributed by atoms with E-state index in [4.69, 9.17) is 66.1 Å². The Morgan fingerprint density at radius 2 is 0.855 bits per heavy atom. The fraction of sp³-hybridized carbons (Fsp3) is 0.304.